The van der Waals surface area contributed by atoms with Crippen LogP contribution in [0.25, 0.3) is 10.8 Å². The Morgan fingerprint density at radius 2 is 1.30 bits per heavy atom. The molecule has 2 aromatic carbocycles. The molecule has 0 aromatic heterocycles. The van der Waals surface area contributed by atoms with Gasteiger partial charge in [0.2, 0.25) is 0 Å². The van der Waals surface area contributed by atoms with Crippen molar-refractivity contribution >= 4 is 23.4 Å². The largest absolute Gasteiger partial charge is 0.496 e. The van der Waals surface area contributed by atoms with Crippen molar-refractivity contribution in [1.82, 2.24) is 0 Å². The summed E-state index contributed by atoms with van der Waals surface area (Å²) >= 11 is 0. The number of benzene rings is 2. The number of hydrogen-bond acceptors (Lipinski definition) is 4. The van der Waals surface area contributed by atoms with Crippen LogP contribution in [-0.4, -0.2) is 32.5 Å². The van der Waals surface area contributed by atoms with Gasteiger partial charge in [0.25, 0.3) is 0 Å². The molecule has 1 aliphatic rings. The molecule has 122 valence electrons. The Balaban J connectivity index is 2.07. The Bertz CT molecular complexity index is 723. The second-order valence-electron chi connectivity index (χ2n) is 6.86. The predicted molar refractivity (Wildman–Crippen MR) is 92.8 cm³/mol. The van der Waals surface area contributed by atoms with Gasteiger partial charge in [-0.1, -0.05) is 18.2 Å². The average Bonchev–Trinajstić information content (AvgIpc) is 2.73. The molecule has 23 heavy (non-hydrogen) atoms. The first-order valence-corrected chi connectivity index (χ1v) is 7.79. The van der Waals surface area contributed by atoms with Crippen LogP contribution in [0, 0.1) is 0 Å². The fraction of sp³-hybridized carbons (Fsp3) is 0.444. The van der Waals surface area contributed by atoms with Gasteiger partial charge in [-0.25, -0.2) is 0 Å². The van der Waals surface area contributed by atoms with Gasteiger partial charge in [-0.15, -0.1) is 0 Å². The Hall–Kier alpha value is -1.72. The van der Waals surface area contributed by atoms with Crippen LogP contribution in [0.3, 0.4) is 0 Å². The molecule has 1 aliphatic heterocycles. The van der Waals surface area contributed by atoms with E-state index in [1.165, 1.54) is 0 Å². The topological polar surface area (TPSA) is 36.9 Å². The van der Waals surface area contributed by atoms with E-state index in [4.69, 9.17) is 18.8 Å². The van der Waals surface area contributed by atoms with Gasteiger partial charge in [-0.05, 0) is 45.3 Å². The van der Waals surface area contributed by atoms with E-state index < -0.39 is 0 Å². The SMILES string of the molecule is COc1ccc(OC)c2cc(B3OC(C)(C)C(C)(C)O3)ccc12. The molecule has 0 amide bonds. The van der Waals surface area contributed by atoms with Gasteiger partial charge in [0.15, 0.2) is 0 Å². The highest BCUT2D eigenvalue weighted by Crippen LogP contribution is 2.37. The number of fused-ring (bicyclic) bond motifs is 1. The van der Waals surface area contributed by atoms with Gasteiger partial charge in [0.05, 0.1) is 25.4 Å². The van der Waals surface area contributed by atoms with Crippen molar-refractivity contribution in [3.05, 3.63) is 30.3 Å². The minimum Gasteiger partial charge on any atom is -0.496 e. The molecule has 0 unspecified atom stereocenters. The van der Waals surface area contributed by atoms with Crippen molar-refractivity contribution in [2.75, 3.05) is 14.2 Å². The van der Waals surface area contributed by atoms with Crippen molar-refractivity contribution < 1.29 is 18.8 Å². The van der Waals surface area contributed by atoms with Gasteiger partial charge in [0.1, 0.15) is 11.5 Å². The lowest BCUT2D eigenvalue weighted by Crippen LogP contribution is -2.41. The van der Waals surface area contributed by atoms with Gasteiger partial charge in [-0.2, -0.15) is 0 Å². The van der Waals surface area contributed by atoms with E-state index in [-0.39, 0.29) is 18.3 Å². The molecule has 1 saturated heterocycles. The molecular formula is C18H23BO4. The van der Waals surface area contributed by atoms with Crippen molar-refractivity contribution in [3.63, 3.8) is 0 Å². The molecule has 1 heterocycles. The molecule has 0 aliphatic carbocycles. The molecule has 0 spiro atoms. The van der Waals surface area contributed by atoms with Gasteiger partial charge < -0.3 is 18.8 Å². The molecule has 3 rings (SSSR count). The van der Waals surface area contributed by atoms with Crippen LogP contribution in [0.15, 0.2) is 30.3 Å². The third kappa shape index (κ3) is 2.58. The summed E-state index contributed by atoms with van der Waals surface area (Å²) in [5, 5.41) is 1.99. The quantitative estimate of drug-likeness (QED) is 0.816. The Morgan fingerprint density at radius 3 is 1.83 bits per heavy atom. The number of ether oxygens (including phenoxy) is 2. The molecular weight excluding hydrogens is 291 g/mol. The standard InChI is InChI=1S/C18H23BO4/c1-17(2)18(3,4)23-19(22-17)12-7-8-13-14(11-12)16(21-6)10-9-15(13)20-5/h7-11H,1-6H3. The zero-order valence-electron chi connectivity index (χ0n) is 14.6. The lowest BCUT2D eigenvalue weighted by Gasteiger charge is -2.32. The zero-order valence-corrected chi connectivity index (χ0v) is 14.6. The summed E-state index contributed by atoms with van der Waals surface area (Å²) in [5.41, 5.74) is 0.263. The van der Waals surface area contributed by atoms with Crippen LogP contribution in [0.1, 0.15) is 27.7 Å². The number of methoxy groups -OCH3 is 2. The second kappa shape index (κ2) is 5.43. The van der Waals surface area contributed by atoms with Crippen LogP contribution >= 0.6 is 0 Å². The summed E-state index contributed by atoms with van der Waals surface area (Å²) < 4.78 is 23.2. The molecule has 0 saturated carbocycles. The van der Waals surface area contributed by atoms with E-state index in [9.17, 15) is 0 Å². The predicted octanol–water partition coefficient (Wildman–Crippen LogP) is 3.16. The Kier molecular flexibility index (Phi) is 3.81. The lowest BCUT2D eigenvalue weighted by molar-refractivity contribution is 0.00578. The summed E-state index contributed by atoms with van der Waals surface area (Å²) in [7, 11) is 2.95. The van der Waals surface area contributed by atoms with Gasteiger partial charge in [0, 0.05) is 10.8 Å². The van der Waals surface area contributed by atoms with E-state index in [0.29, 0.717) is 0 Å². The zero-order chi connectivity index (χ0) is 16.8. The second-order valence-corrected chi connectivity index (χ2v) is 6.86. The summed E-state index contributed by atoms with van der Waals surface area (Å²) in [4.78, 5) is 0. The van der Waals surface area contributed by atoms with Crippen LogP contribution in [0.5, 0.6) is 11.5 Å². The maximum absolute atomic E-state index is 6.13. The first kappa shape index (κ1) is 16.2. The highest BCUT2D eigenvalue weighted by atomic mass is 16.7. The van der Waals surface area contributed by atoms with Crippen molar-refractivity contribution in [2.45, 2.75) is 38.9 Å². The summed E-state index contributed by atoms with van der Waals surface area (Å²) in [6, 6.07) is 9.92. The summed E-state index contributed by atoms with van der Waals surface area (Å²) in [6.45, 7) is 8.21. The van der Waals surface area contributed by atoms with E-state index in [1.54, 1.807) is 14.2 Å². The first-order valence-electron chi connectivity index (χ1n) is 7.79. The number of hydrogen-bond donors (Lipinski definition) is 0. The van der Waals surface area contributed by atoms with Crippen molar-refractivity contribution in [2.24, 2.45) is 0 Å². The van der Waals surface area contributed by atoms with E-state index >= 15 is 0 Å². The summed E-state index contributed by atoms with van der Waals surface area (Å²) in [6.07, 6.45) is 0. The van der Waals surface area contributed by atoms with Crippen LogP contribution in [-0.2, 0) is 9.31 Å². The maximum Gasteiger partial charge on any atom is 0.494 e. The molecule has 1 fully saturated rings. The molecule has 0 N–H and O–H groups in total. The molecule has 0 bridgehead atoms. The minimum atomic E-state index is -0.389. The molecule has 4 nitrogen and oxygen atoms in total. The van der Waals surface area contributed by atoms with Gasteiger partial charge in [-0.3, -0.25) is 0 Å². The maximum atomic E-state index is 6.13. The Morgan fingerprint density at radius 1 is 0.783 bits per heavy atom. The molecule has 2 aromatic rings. The molecule has 5 heteroatoms. The van der Waals surface area contributed by atoms with E-state index in [2.05, 4.69) is 33.8 Å². The third-order valence-electron chi connectivity index (χ3n) is 4.93. The fourth-order valence-corrected chi connectivity index (χ4v) is 2.79. The highest BCUT2D eigenvalue weighted by molar-refractivity contribution is 6.62. The van der Waals surface area contributed by atoms with Crippen LogP contribution in [0.2, 0.25) is 0 Å². The van der Waals surface area contributed by atoms with E-state index in [0.717, 1.165) is 27.7 Å². The van der Waals surface area contributed by atoms with Gasteiger partial charge >= 0.3 is 7.12 Å². The Labute approximate surface area is 137 Å². The molecule has 0 radical (unpaired) electrons. The number of rotatable bonds is 3. The van der Waals surface area contributed by atoms with Crippen molar-refractivity contribution in [1.29, 1.82) is 0 Å². The normalized spacial score (nSPS) is 19.1. The monoisotopic (exact) mass is 314 g/mol. The van der Waals surface area contributed by atoms with E-state index in [1.807, 2.05) is 24.3 Å². The van der Waals surface area contributed by atoms with Crippen LogP contribution < -0.4 is 14.9 Å². The third-order valence-corrected chi connectivity index (χ3v) is 4.93. The molecule has 0 atom stereocenters. The average molecular weight is 314 g/mol. The summed E-state index contributed by atoms with van der Waals surface area (Å²) in [5.74, 6) is 1.63. The lowest BCUT2D eigenvalue weighted by atomic mass is 9.78. The smallest absolute Gasteiger partial charge is 0.494 e. The minimum absolute atomic E-state index is 0.356. The van der Waals surface area contributed by atoms with Crippen molar-refractivity contribution in [3.8, 4) is 11.5 Å². The van der Waals surface area contributed by atoms with Crippen LogP contribution in [0.4, 0.5) is 0 Å². The first-order chi connectivity index (χ1) is 10.8. The fourth-order valence-electron chi connectivity index (χ4n) is 2.79. The highest BCUT2D eigenvalue weighted by Gasteiger charge is 2.51.